The van der Waals surface area contributed by atoms with Gasteiger partial charge in [0.1, 0.15) is 17.7 Å². The van der Waals surface area contributed by atoms with E-state index in [1.165, 1.54) is 17.3 Å². The minimum Gasteiger partial charge on any atom is -0.390 e. The lowest BCUT2D eigenvalue weighted by Crippen LogP contribution is -2.58. The van der Waals surface area contributed by atoms with E-state index in [2.05, 4.69) is 10.4 Å². The van der Waals surface area contributed by atoms with Crippen molar-refractivity contribution in [2.45, 2.75) is 83.0 Å². The fourth-order valence-electron chi connectivity index (χ4n) is 5.65. The van der Waals surface area contributed by atoms with Crippen molar-refractivity contribution in [3.8, 4) is 0 Å². The molecule has 1 heterocycles. The van der Waals surface area contributed by atoms with E-state index in [0.717, 1.165) is 40.4 Å². The van der Waals surface area contributed by atoms with E-state index in [-0.39, 0.29) is 24.3 Å². The van der Waals surface area contributed by atoms with Crippen LogP contribution in [0.1, 0.15) is 61.8 Å². The van der Waals surface area contributed by atoms with E-state index in [4.69, 9.17) is 5.73 Å². The molecule has 0 radical (unpaired) electrons. The number of nitrogens with one attached hydrogen (secondary N) is 1. The molecule has 0 bridgehead atoms. The molecule has 1 aliphatic carbocycles. The molecule has 1 aromatic heterocycles. The number of aliphatic hydroxyl groups is 1. The Bertz CT molecular complexity index is 1620. The molecule has 3 aromatic rings. The Labute approximate surface area is 268 Å². The average Bonchev–Trinajstić information content (AvgIpc) is 3.69. The van der Waals surface area contributed by atoms with Crippen molar-refractivity contribution in [3.05, 3.63) is 88.7 Å². The summed E-state index contributed by atoms with van der Waals surface area (Å²) in [4.78, 5) is 29.2. The zero-order valence-corrected chi connectivity index (χ0v) is 27.3. The van der Waals surface area contributed by atoms with E-state index in [0.29, 0.717) is 31.2 Å². The van der Waals surface area contributed by atoms with E-state index in [9.17, 15) is 31.9 Å². The lowest BCUT2D eigenvalue weighted by Gasteiger charge is -2.38. The van der Waals surface area contributed by atoms with Crippen molar-refractivity contribution in [2.75, 3.05) is 18.1 Å². The van der Waals surface area contributed by atoms with Gasteiger partial charge in [-0.1, -0.05) is 44.5 Å². The van der Waals surface area contributed by atoms with E-state index in [1.807, 2.05) is 38.1 Å². The quantitative estimate of drug-likeness (QED) is 0.226. The highest BCUT2D eigenvalue weighted by Gasteiger charge is 2.53. The molecule has 0 saturated heterocycles. The van der Waals surface area contributed by atoms with Crippen LogP contribution in [-0.2, 0) is 33.0 Å². The Morgan fingerprint density at radius 3 is 2.41 bits per heavy atom. The summed E-state index contributed by atoms with van der Waals surface area (Å²) in [6.45, 7) is 5.28. The third-order valence-corrected chi connectivity index (χ3v) is 10.1. The van der Waals surface area contributed by atoms with Gasteiger partial charge in [0.2, 0.25) is 5.91 Å². The van der Waals surface area contributed by atoms with Crippen LogP contribution < -0.4 is 11.1 Å². The molecule has 1 saturated carbocycles. The number of carbonyl (C=O) groups is 2. The molecule has 3 atom stereocenters. The first-order valence-corrected chi connectivity index (χ1v) is 17.4. The Hall–Kier alpha value is -3.68. The summed E-state index contributed by atoms with van der Waals surface area (Å²) >= 11 is 0. The summed E-state index contributed by atoms with van der Waals surface area (Å²) in [5.41, 5.74) is 8.22. The molecule has 2 amide bonds. The highest BCUT2D eigenvalue weighted by Crippen LogP contribution is 2.51. The minimum absolute atomic E-state index is 0.0829. The number of aryl methyl sites for hydroxylation is 2. The number of nitrogens with two attached hydrogens (primary N) is 1. The van der Waals surface area contributed by atoms with Crippen LogP contribution in [0.4, 0.5) is 13.6 Å². The van der Waals surface area contributed by atoms with Crippen LogP contribution in [0.25, 0.3) is 0 Å². The summed E-state index contributed by atoms with van der Waals surface area (Å²) in [7, 11) is -3.79. The molecule has 1 aliphatic rings. The fourth-order valence-corrected chi connectivity index (χ4v) is 7.28. The number of halogens is 2. The predicted molar refractivity (Wildman–Crippen MR) is 171 cm³/mol. The Kier molecular flexibility index (Phi) is 11.3. The number of amides is 2. The van der Waals surface area contributed by atoms with Crippen LogP contribution in [0.3, 0.4) is 0 Å². The molecule has 0 aliphatic heterocycles. The monoisotopic (exact) mass is 659 g/mol. The van der Waals surface area contributed by atoms with Crippen molar-refractivity contribution < 1.29 is 31.9 Å². The van der Waals surface area contributed by atoms with Crippen molar-refractivity contribution in [1.82, 2.24) is 20.0 Å². The third-order valence-electron chi connectivity index (χ3n) is 8.38. The van der Waals surface area contributed by atoms with Crippen molar-refractivity contribution in [2.24, 2.45) is 5.73 Å². The zero-order valence-electron chi connectivity index (χ0n) is 26.5. The van der Waals surface area contributed by atoms with Crippen LogP contribution in [0.5, 0.6) is 0 Å². The van der Waals surface area contributed by atoms with Gasteiger partial charge in [0.25, 0.3) is 0 Å². The molecule has 13 heteroatoms. The normalized spacial score (nSPS) is 16.0. The van der Waals surface area contributed by atoms with Gasteiger partial charge in [-0.2, -0.15) is 9.78 Å². The molecular weight excluding hydrogens is 616 g/mol. The summed E-state index contributed by atoms with van der Waals surface area (Å²) < 4.78 is 55.1. The second kappa shape index (κ2) is 14.8. The second-order valence-corrected chi connectivity index (χ2v) is 14.4. The summed E-state index contributed by atoms with van der Waals surface area (Å²) in [6, 6.07) is 7.40. The van der Waals surface area contributed by atoms with Gasteiger partial charge in [0, 0.05) is 24.8 Å². The van der Waals surface area contributed by atoms with Gasteiger partial charge in [-0.3, -0.25) is 4.79 Å². The van der Waals surface area contributed by atoms with Gasteiger partial charge in [-0.15, -0.1) is 0 Å². The first-order valence-electron chi connectivity index (χ1n) is 15.6. The van der Waals surface area contributed by atoms with E-state index >= 15 is 0 Å². The molecule has 4 N–H and O–H groups in total. The van der Waals surface area contributed by atoms with Crippen LogP contribution >= 0.6 is 0 Å². The van der Waals surface area contributed by atoms with Gasteiger partial charge in [-0.25, -0.2) is 22.0 Å². The van der Waals surface area contributed by atoms with Gasteiger partial charge < -0.3 is 21.1 Å². The number of aliphatic hydroxyl groups excluding tert-OH is 1. The van der Waals surface area contributed by atoms with Gasteiger partial charge in [0.05, 0.1) is 29.3 Å². The Balaban J connectivity index is 1.70. The van der Waals surface area contributed by atoms with Crippen molar-refractivity contribution in [1.29, 1.82) is 0 Å². The summed E-state index contributed by atoms with van der Waals surface area (Å²) in [5.74, 6) is -3.07. The Morgan fingerprint density at radius 1 is 1.13 bits per heavy atom. The molecule has 0 spiro atoms. The van der Waals surface area contributed by atoms with Gasteiger partial charge in [-0.05, 0) is 73.4 Å². The lowest BCUT2D eigenvalue weighted by atomic mass is 9.96. The van der Waals surface area contributed by atoms with Crippen molar-refractivity contribution in [3.63, 3.8) is 0 Å². The van der Waals surface area contributed by atoms with Crippen LogP contribution in [0.15, 0.2) is 54.9 Å². The molecule has 4 rings (SSSR count). The number of rotatable bonds is 15. The molecule has 10 nitrogen and oxygen atoms in total. The zero-order chi connectivity index (χ0) is 33.6. The van der Waals surface area contributed by atoms with Crippen LogP contribution in [0.2, 0.25) is 0 Å². The molecular formula is C33H43F2N5O5S. The summed E-state index contributed by atoms with van der Waals surface area (Å²) in [6.07, 6.45) is 4.30. The Morgan fingerprint density at radius 2 is 1.83 bits per heavy atom. The first-order chi connectivity index (χ1) is 21.8. The van der Waals surface area contributed by atoms with Crippen molar-refractivity contribution >= 4 is 21.8 Å². The maximum absolute atomic E-state index is 14.6. The number of aromatic nitrogens is 2. The minimum atomic E-state index is -3.79. The third kappa shape index (κ3) is 8.77. The standard InChI is InChI=1S/C33H43F2N5O5S/c1-4-6-12-46(44,45)21-29(38-32(43)40-19-22(3)18-37-40)31(42)39(33(10-11-33)25-9-7-8-23(5-2)13-25)20-30(41)28(36)16-24-14-26(34)17-27(35)15-24/h7-9,13-15,17-19,28-30,41H,4-6,10-12,16,20-21,36H2,1-3H3,(H,38,43)/t28-,29+,30+/m0/s1. The number of hydrogen-bond acceptors (Lipinski definition) is 7. The molecule has 0 unspecified atom stereocenters. The van der Waals surface area contributed by atoms with Crippen LogP contribution in [0, 0.1) is 18.6 Å². The maximum atomic E-state index is 14.6. The SMILES string of the molecule is CCCCS(=O)(=O)C[C@@H](NC(=O)n1cc(C)cn1)C(=O)N(C[C@@H](O)[C@@H](N)Cc1cc(F)cc(F)c1)C1(c2cccc(CC)c2)CC1. The lowest BCUT2D eigenvalue weighted by molar-refractivity contribution is -0.138. The van der Waals surface area contributed by atoms with Crippen LogP contribution in [-0.4, -0.2) is 76.4 Å². The smallest absolute Gasteiger partial charge is 0.342 e. The molecule has 1 fully saturated rings. The first kappa shape index (κ1) is 35.2. The number of benzene rings is 2. The van der Waals surface area contributed by atoms with E-state index < -0.39 is 62.9 Å². The predicted octanol–water partition coefficient (Wildman–Crippen LogP) is 3.62. The maximum Gasteiger partial charge on any atom is 0.342 e. The highest BCUT2D eigenvalue weighted by atomic mass is 32.2. The van der Waals surface area contributed by atoms with Gasteiger partial charge in [0.15, 0.2) is 9.84 Å². The number of sulfone groups is 1. The number of hydrogen-bond donors (Lipinski definition) is 3. The fraction of sp³-hybridized carbons (Fsp3) is 0.485. The largest absolute Gasteiger partial charge is 0.390 e. The second-order valence-electron chi connectivity index (χ2n) is 12.2. The van der Waals surface area contributed by atoms with Gasteiger partial charge >= 0.3 is 6.03 Å². The van der Waals surface area contributed by atoms with E-state index in [1.54, 1.807) is 6.92 Å². The number of unbranched alkanes of at least 4 members (excludes halogenated alkanes) is 1. The highest BCUT2D eigenvalue weighted by molar-refractivity contribution is 7.91. The molecule has 46 heavy (non-hydrogen) atoms. The molecule has 250 valence electrons. The topological polar surface area (TPSA) is 148 Å². The molecule has 2 aromatic carbocycles. The number of carbonyl (C=O) groups excluding carboxylic acids is 2. The average molecular weight is 660 g/mol. The summed E-state index contributed by atoms with van der Waals surface area (Å²) in [5, 5.41) is 17.9. The number of nitrogens with zero attached hydrogens (tertiary/aromatic N) is 3.